The maximum atomic E-state index is 15.5. The molecule has 0 spiro atoms. The molecule has 2 fully saturated rings. The fourth-order valence-electron chi connectivity index (χ4n) is 8.75. The summed E-state index contributed by atoms with van der Waals surface area (Å²) in [7, 11) is -4.66. The molecule has 2 amide bonds. The number of carbonyl (C=O) groups is 2. The molecule has 4 aromatic carbocycles. The highest BCUT2D eigenvalue weighted by molar-refractivity contribution is 7.90. The van der Waals surface area contributed by atoms with Gasteiger partial charge in [-0.2, -0.15) is 0 Å². The molecule has 1 aliphatic carbocycles. The third-order valence-electron chi connectivity index (χ3n) is 12.4. The average molecular weight is 927 g/mol. The maximum absolute atomic E-state index is 15.5. The minimum Gasteiger partial charge on any atom is -0.453 e. The maximum Gasteiger partial charge on any atom is 0.293 e. The monoisotopic (exact) mass is 926 g/mol. The molecule has 1 aromatic heterocycles. The van der Waals surface area contributed by atoms with Gasteiger partial charge in [-0.15, -0.1) is 0 Å². The van der Waals surface area contributed by atoms with Gasteiger partial charge in [0.05, 0.1) is 21.9 Å². The summed E-state index contributed by atoms with van der Waals surface area (Å²) in [6, 6.07) is 20.7. The third kappa shape index (κ3) is 10.9. The van der Waals surface area contributed by atoms with Gasteiger partial charge in [0.2, 0.25) is 5.91 Å². The second-order valence-electron chi connectivity index (χ2n) is 17.6. The van der Waals surface area contributed by atoms with E-state index in [-0.39, 0.29) is 40.6 Å². The zero-order valence-corrected chi connectivity index (χ0v) is 37.9. The van der Waals surface area contributed by atoms with Gasteiger partial charge in [-0.1, -0.05) is 43.2 Å². The third-order valence-corrected chi connectivity index (χ3v) is 13.9. The lowest BCUT2D eigenvalue weighted by Crippen LogP contribution is -2.47. The molecule has 65 heavy (non-hydrogen) atoms. The smallest absolute Gasteiger partial charge is 0.293 e. The Bertz CT molecular complexity index is 2750. The number of hydrogen-bond donors (Lipinski definition) is 4. The van der Waals surface area contributed by atoms with Crippen molar-refractivity contribution in [3.05, 3.63) is 123 Å². The number of amides is 2. The number of benzene rings is 4. The molecule has 2 aliphatic heterocycles. The number of anilines is 2. The number of nitro benzene ring substituents is 1. The molecule has 0 bridgehead atoms. The van der Waals surface area contributed by atoms with Gasteiger partial charge in [-0.05, 0) is 90.8 Å². The molecular formula is C47H52ClFN8O7S. The summed E-state index contributed by atoms with van der Waals surface area (Å²) in [6.07, 6.45) is 5.34. The number of allylic oxidation sites excluding steroid dienone is 1. The van der Waals surface area contributed by atoms with Crippen molar-refractivity contribution >= 4 is 67.0 Å². The Kier molecular flexibility index (Phi) is 13.5. The topological polar surface area (TPSA) is 182 Å². The Morgan fingerprint density at radius 3 is 2.51 bits per heavy atom. The fraction of sp³-hybridized carbons (Fsp3) is 0.362. The highest BCUT2D eigenvalue weighted by Gasteiger charge is 2.31. The van der Waals surface area contributed by atoms with E-state index in [1.807, 2.05) is 21.8 Å². The van der Waals surface area contributed by atoms with E-state index in [2.05, 4.69) is 51.4 Å². The Hall–Kier alpha value is -6.01. The number of aromatic amines is 1. The van der Waals surface area contributed by atoms with Crippen LogP contribution >= 0.6 is 11.6 Å². The molecule has 0 atom stereocenters. The molecule has 342 valence electrons. The molecule has 0 radical (unpaired) electrons. The number of carbonyl (C=O) groups excluding carboxylic acids is 2. The first kappa shape index (κ1) is 45.6. The number of piperazine rings is 2. The van der Waals surface area contributed by atoms with Gasteiger partial charge in [0.25, 0.3) is 21.6 Å². The van der Waals surface area contributed by atoms with Crippen molar-refractivity contribution in [2.24, 2.45) is 5.41 Å². The first-order valence-corrected chi connectivity index (χ1v) is 23.6. The summed E-state index contributed by atoms with van der Waals surface area (Å²) in [6.45, 7) is 10.7. The van der Waals surface area contributed by atoms with E-state index >= 15 is 4.39 Å². The molecule has 0 unspecified atom stereocenters. The van der Waals surface area contributed by atoms with Crippen molar-refractivity contribution in [2.75, 3.05) is 75.7 Å². The van der Waals surface area contributed by atoms with Crippen LogP contribution in [-0.4, -0.2) is 105 Å². The number of halogens is 2. The zero-order valence-electron chi connectivity index (χ0n) is 36.3. The Labute approximate surface area is 382 Å². The lowest BCUT2D eigenvalue weighted by molar-refractivity contribution is -0.384. The standard InChI is InChI=1S/C47H52ClFN8O7S/c1-47(2)14-12-33(38(28-47)31-4-6-34(48)7-5-31)29-55-20-22-56(23-21-55)35-8-10-37(43(25-35)64-44-24-32-13-16-51-41(32)27-39(44)49)46(59)53-65(62,63)36-9-11-40(42(26-36)57(60)61)50-15-3-18-54-19-17-52-45(58)30-54/h4-11,13,16,24-27,50-51H,3,12,14-15,17-23,28-30H2,1-2H3,(H,52,58)(H,53,59). The van der Waals surface area contributed by atoms with Crippen molar-refractivity contribution in [2.45, 2.75) is 44.4 Å². The fourth-order valence-corrected chi connectivity index (χ4v) is 9.86. The van der Waals surface area contributed by atoms with Crippen LogP contribution in [0.5, 0.6) is 11.5 Å². The Balaban J connectivity index is 0.990. The molecule has 0 saturated carbocycles. The normalized spacial score (nSPS) is 17.2. The minimum atomic E-state index is -4.66. The van der Waals surface area contributed by atoms with E-state index in [1.54, 1.807) is 24.4 Å². The van der Waals surface area contributed by atoms with Crippen molar-refractivity contribution < 1.29 is 32.1 Å². The van der Waals surface area contributed by atoms with Crippen molar-refractivity contribution in [1.29, 1.82) is 0 Å². The van der Waals surface area contributed by atoms with Gasteiger partial charge in [-0.25, -0.2) is 17.5 Å². The number of aromatic nitrogens is 1. The van der Waals surface area contributed by atoms with Crippen molar-refractivity contribution in [3.63, 3.8) is 0 Å². The number of rotatable bonds is 15. The van der Waals surface area contributed by atoms with Gasteiger partial charge >= 0.3 is 0 Å². The molecule has 8 rings (SSSR count). The number of nitro groups is 1. The molecule has 18 heteroatoms. The second-order valence-corrected chi connectivity index (χ2v) is 19.7. The minimum absolute atomic E-state index is 0.0600. The molecule has 15 nitrogen and oxygen atoms in total. The average Bonchev–Trinajstić information content (AvgIpc) is 3.73. The van der Waals surface area contributed by atoms with E-state index < -0.39 is 37.3 Å². The van der Waals surface area contributed by atoms with Crippen LogP contribution in [0.1, 0.15) is 55.5 Å². The molecular weight excluding hydrogens is 875 g/mol. The molecule has 2 saturated heterocycles. The number of ether oxygens (including phenoxy) is 1. The largest absolute Gasteiger partial charge is 0.453 e. The molecule has 5 aromatic rings. The predicted molar refractivity (Wildman–Crippen MR) is 250 cm³/mol. The first-order chi connectivity index (χ1) is 31.1. The van der Waals surface area contributed by atoms with Crippen LogP contribution in [0.2, 0.25) is 5.02 Å². The van der Waals surface area contributed by atoms with E-state index in [0.717, 1.165) is 45.0 Å². The number of nitrogens with zero attached hydrogens (tertiary/aromatic N) is 4. The number of fused-ring (bicyclic) bond motifs is 1. The lowest BCUT2D eigenvalue weighted by Gasteiger charge is -2.39. The lowest BCUT2D eigenvalue weighted by atomic mass is 9.72. The number of nitrogens with one attached hydrogen (secondary N) is 4. The summed E-state index contributed by atoms with van der Waals surface area (Å²) in [4.78, 5) is 46.0. The van der Waals surface area contributed by atoms with Crippen LogP contribution in [0.25, 0.3) is 16.5 Å². The summed E-state index contributed by atoms with van der Waals surface area (Å²) in [5, 5.41) is 19.2. The Morgan fingerprint density at radius 1 is 0.969 bits per heavy atom. The van der Waals surface area contributed by atoms with Gasteiger partial charge in [-0.3, -0.25) is 29.5 Å². The van der Waals surface area contributed by atoms with Crippen LogP contribution in [0.4, 0.5) is 21.5 Å². The van der Waals surface area contributed by atoms with Crippen molar-refractivity contribution in [1.82, 2.24) is 24.8 Å². The number of hydrogen-bond acceptors (Lipinski definition) is 11. The molecule has 3 heterocycles. The molecule has 4 N–H and O–H groups in total. The quantitative estimate of drug-likeness (QED) is 0.0457. The van der Waals surface area contributed by atoms with E-state index in [9.17, 15) is 28.1 Å². The Morgan fingerprint density at radius 2 is 1.75 bits per heavy atom. The van der Waals surface area contributed by atoms with Crippen LogP contribution < -0.4 is 25.0 Å². The summed E-state index contributed by atoms with van der Waals surface area (Å²) in [5.41, 5.74) is 4.86. The highest BCUT2D eigenvalue weighted by atomic mass is 35.5. The van der Waals surface area contributed by atoms with Gasteiger partial charge in [0, 0.05) is 105 Å². The van der Waals surface area contributed by atoms with E-state index in [0.29, 0.717) is 67.3 Å². The summed E-state index contributed by atoms with van der Waals surface area (Å²) >= 11 is 6.23. The van der Waals surface area contributed by atoms with Crippen molar-refractivity contribution in [3.8, 4) is 11.5 Å². The van der Waals surface area contributed by atoms with Crippen LogP contribution in [0.15, 0.2) is 95.5 Å². The summed E-state index contributed by atoms with van der Waals surface area (Å²) < 4.78 is 51.1. The van der Waals surface area contributed by atoms with Gasteiger partial charge in [0.15, 0.2) is 11.6 Å². The highest BCUT2D eigenvalue weighted by Crippen LogP contribution is 2.43. The van der Waals surface area contributed by atoms with Crippen LogP contribution in [0, 0.1) is 21.3 Å². The first-order valence-electron chi connectivity index (χ1n) is 21.7. The van der Waals surface area contributed by atoms with E-state index in [1.165, 1.54) is 47.0 Å². The number of sulfonamides is 1. The SMILES string of the molecule is CC1(C)CCC(CN2CCN(c3ccc(C(=O)NS(=O)(=O)c4ccc(NCCCN5CCNC(=O)C5)c([N+](=O)[O-])c4)c(Oc4cc5cc[nH]c5cc4F)c3)CC2)=C(c2ccc(Cl)cc2)C1. The van der Waals surface area contributed by atoms with Gasteiger partial charge in [0.1, 0.15) is 11.4 Å². The number of H-pyrrole nitrogens is 1. The molecule has 3 aliphatic rings. The zero-order chi connectivity index (χ0) is 45.9. The second kappa shape index (κ2) is 19.2. The van der Waals surface area contributed by atoms with Crippen LogP contribution in [-0.2, 0) is 14.8 Å². The van der Waals surface area contributed by atoms with Crippen LogP contribution in [0.3, 0.4) is 0 Å². The van der Waals surface area contributed by atoms with E-state index in [4.69, 9.17) is 16.3 Å². The van der Waals surface area contributed by atoms with Gasteiger partial charge < -0.3 is 25.3 Å². The predicted octanol–water partition coefficient (Wildman–Crippen LogP) is 7.80. The summed E-state index contributed by atoms with van der Waals surface area (Å²) in [5.74, 6) is -2.08.